The lowest BCUT2D eigenvalue weighted by atomic mass is 9.55. The van der Waals surface area contributed by atoms with Gasteiger partial charge in [-0.05, 0) is 32.6 Å². The van der Waals surface area contributed by atoms with Crippen LogP contribution in [-0.4, -0.2) is 49.0 Å². The van der Waals surface area contributed by atoms with E-state index in [1.807, 2.05) is 0 Å². The summed E-state index contributed by atoms with van der Waals surface area (Å²) in [5.74, 6) is 1.82. The molecule has 0 amide bonds. The lowest BCUT2D eigenvalue weighted by Crippen LogP contribution is -2.71. The highest BCUT2D eigenvalue weighted by molar-refractivity contribution is 14.0. The van der Waals surface area contributed by atoms with Crippen LogP contribution in [0.5, 0.6) is 0 Å². The number of aliphatic hydroxyl groups excluding tert-OH is 1. The number of rotatable bonds is 4. The van der Waals surface area contributed by atoms with Crippen LogP contribution in [-0.2, 0) is 4.74 Å². The normalized spacial score (nSPS) is 37.8. The third-order valence-electron chi connectivity index (χ3n) is 6.07. The standard InChI is InChI=1S/C18H33N3O2.HI/c1-4-19-17(20-11-12-7-5-9-14(12)22)21-15-13-8-6-10-23-16(13)18(15,2)3;/h12-16,22H,4-11H2,1-3H3,(H2,19,20,21);1H. The van der Waals surface area contributed by atoms with Gasteiger partial charge in [-0.3, -0.25) is 4.99 Å². The zero-order chi connectivity index (χ0) is 16.4. The first-order valence-electron chi connectivity index (χ1n) is 9.38. The van der Waals surface area contributed by atoms with Crippen molar-refractivity contribution in [1.82, 2.24) is 10.6 Å². The highest BCUT2D eigenvalue weighted by Gasteiger charge is 2.58. The average Bonchev–Trinajstić information content (AvgIpc) is 2.95. The van der Waals surface area contributed by atoms with E-state index in [1.165, 1.54) is 6.42 Å². The molecule has 3 fully saturated rings. The van der Waals surface area contributed by atoms with E-state index < -0.39 is 0 Å². The van der Waals surface area contributed by atoms with E-state index in [0.29, 0.717) is 30.5 Å². The monoisotopic (exact) mass is 451 g/mol. The molecule has 3 N–H and O–H groups in total. The lowest BCUT2D eigenvalue weighted by molar-refractivity contribution is -0.188. The SMILES string of the molecule is CCNC(=NCC1CCCC1O)NC1C2CCCOC2C1(C)C.I. The van der Waals surface area contributed by atoms with Crippen molar-refractivity contribution in [3.63, 3.8) is 0 Å². The number of halogens is 1. The van der Waals surface area contributed by atoms with Gasteiger partial charge in [0.25, 0.3) is 0 Å². The van der Waals surface area contributed by atoms with E-state index >= 15 is 0 Å². The van der Waals surface area contributed by atoms with Crippen LogP contribution >= 0.6 is 24.0 Å². The Hall–Kier alpha value is -0.0800. The Bertz CT molecular complexity index is 444. The molecule has 1 aliphatic heterocycles. The number of guanidine groups is 1. The number of hydrogen-bond acceptors (Lipinski definition) is 3. The van der Waals surface area contributed by atoms with Crippen LogP contribution in [0.15, 0.2) is 4.99 Å². The molecule has 6 heteroatoms. The molecule has 0 aromatic carbocycles. The van der Waals surface area contributed by atoms with E-state index in [4.69, 9.17) is 9.73 Å². The smallest absolute Gasteiger partial charge is 0.191 e. The third kappa shape index (κ3) is 4.01. The van der Waals surface area contributed by atoms with Crippen LogP contribution in [0.2, 0.25) is 0 Å². The molecule has 0 aromatic heterocycles. The molecule has 5 nitrogen and oxygen atoms in total. The van der Waals surface area contributed by atoms with Gasteiger partial charge in [0.05, 0.1) is 12.2 Å². The Labute approximate surface area is 163 Å². The molecule has 0 bridgehead atoms. The number of fused-ring (bicyclic) bond motifs is 1. The fraction of sp³-hybridized carbons (Fsp3) is 0.944. The fourth-order valence-corrected chi connectivity index (χ4v) is 4.72. The fourth-order valence-electron chi connectivity index (χ4n) is 4.72. The highest BCUT2D eigenvalue weighted by atomic mass is 127. The summed E-state index contributed by atoms with van der Waals surface area (Å²) in [4.78, 5) is 4.76. The molecule has 1 saturated heterocycles. The summed E-state index contributed by atoms with van der Waals surface area (Å²) < 4.78 is 5.99. The van der Waals surface area contributed by atoms with E-state index in [2.05, 4.69) is 31.4 Å². The van der Waals surface area contributed by atoms with Gasteiger partial charge >= 0.3 is 0 Å². The van der Waals surface area contributed by atoms with Crippen molar-refractivity contribution in [3.8, 4) is 0 Å². The van der Waals surface area contributed by atoms with Crippen LogP contribution in [0.1, 0.15) is 52.9 Å². The largest absolute Gasteiger partial charge is 0.393 e. The molecule has 0 radical (unpaired) electrons. The third-order valence-corrected chi connectivity index (χ3v) is 6.07. The molecule has 24 heavy (non-hydrogen) atoms. The topological polar surface area (TPSA) is 65.9 Å². The van der Waals surface area contributed by atoms with Crippen LogP contribution in [0.25, 0.3) is 0 Å². The van der Waals surface area contributed by atoms with Gasteiger partial charge in [0, 0.05) is 43.0 Å². The van der Waals surface area contributed by atoms with E-state index in [1.54, 1.807) is 0 Å². The molecule has 5 unspecified atom stereocenters. The first kappa shape index (κ1) is 20.2. The van der Waals surface area contributed by atoms with Gasteiger partial charge in [0.2, 0.25) is 0 Å². The number of nitrogens with one attached hydrogen (secondary N) is 2. The zero-order valence-corrected chi connectivity index (χ0v) is 17.6. The molecule has 3 rings (SSSR count). The minimum absolute atomic E-state index is 0. The first-order chi connectivity index (χ1) is 11.0. The highest BCUT2D eigenvalue weighted by Crippen LogP contribution is 2.51. The van der Waals surface area contributed by atoms with E-state index in [-0.39, 0.29) is 35.5 Å². The van der Waals surface area contributed by atoms with Crippen molar-refractivity contribution in [1.29, 1.82) is 0 Å². The molecule has 2 aliphatic carbocycles. The second-order valence-corrected chi connectivity index (χ2v) is 8.02. The van der Waals surface area contributed by atoms with Crippen molar-refractivity contribution < 1.29 is 9.84 Å². The van der Waals surface area contributed by atoms with Crippen LogP contribution in [0.4, 0.5) is 0 Å². The maximum Gasteiger partial charge on any atom is 0.191 e. The van der Waals surface area contributed by atoms with Crippen molar-refractivity contribution in [2.45, 2.75) is 71.1 Å². The summed E-state index contributed by atoms with van der Waals surface area (Å²) >= 11 is 0. The summed E-state index contributed by atoms with van der Waals surface area (Å²) in [7, 11) is 0. The van der Waals surface area contributed by atoms with E-state index in [9.17, 15) is 5.11 Å². The number of ether oxygens (including phenoxy) is 1. The average molecular weight is 451 g/mol. The van der Waals surface area contributed by atoms with Gasteiger partial charge in [-0.1, -0.05) is 20.3 Å². The minimum atomic E-state index is -0.169. The summed E-state index contributed by atoms with van der Waals surface area (Å²) in [6, 6.07) is 0.416. The molecule has 140 valence electrons. The molecule has 2 saturated carbocycles. The van der Waals surface area contributed by atoms with Gasteiger partial charge in [0.15, 0.2) is 5.96 Å². The van der Waals surface area contributed by atoms with Gasteiger partial charge in [-0.2, -0.15) is 0 Å². The summed E-state index contributed by atoms with van der Waals surface area (Å²) in [6.07, 6.45) is 5.77. The Morgan fingerprint density at radius 1 is 1.25 bits per heavy atom. The lowest BCUT2D eigenvalue weighted by Gasteiger charge is -2.60. The van der Waals surface area contributed by atoms with Crippen molar-refractivity contribution >= 4 is 29.9 Å². The molecular formula is C18H34IN3O2. The predicted octanol–water partition coefficient (Wildman–Crippen LogP) is 2.52. The maximum absolute atomic E-state index is 9.98. The van der Waals surface area contributed by atoms with Gasteiger partial charge < -0.3 is 20.5 Å². The maximum atomic E-state index is 9.98. The molecule has 5 atom stereocenters. The van der Waals surface area contributed by atoms with Crippen LogP contribution in [0.3, 0.4) is 0 Å². The minimum Gasteiger partial charge on any atom is -0.393 e. The Kier molecular flexibility index (Phi) is 7.20. The van der Waals surface area contributed by atoms with Crippen molar-refractivity contribution in [3.05, 3.63) is 0 Å². The molecule has 0 spiro atoms. The molecule has 1 heterocycles. The molecule has 0 aromatic rings. The zero-order valence-electron chi connectivity index (χ0n) is 15.3. The molecular weight excluding hydrogens is 417 g/mol. The quantitative estimate of drug-likeness (QED) is 0.349. The second-order valence-electron chi connectivity index (χ2n) is 8.02. The second kappa shape index (κ2) is 8.54. The summed E-state index contributed by atoms with van der Waals surface area (Å²) in [6.45, 7) is 9.17. The van der Waals surface area contributed by atoms with Crippen molar-refractivity contribution in [2.75, 3.05) is 19.7 Å². The Balaban J connectivity index is 0.00000208. The van der Waals surface area contributed by atoms with Crippen molar-refractivity contribution in [2.24, 2.45) is 22.2 Å². The van der Waals surface area contributed by atoms with Gasteiger partial charge in [-0.25, -0.2) is 0 Å². The Morgan fingerprint density at radius 3 is 2.71 bits per heavy atom. The van der Waals surface area contributed by atoms with Crippen LogP contribution in [0, 0.1) is 17.3 Å². The summed E-state index contributed by atoms with van der Waals surface area (Å²) in [5, 5.41) is 17.0. The summed E-state index contributed by atoms with van der Waals surface area (Å²) in [5.41, 5.74) is 0.147. The molecule has 3 aliphatic rings. The number of nitrogens with zero attached hydrogens (tertiary/aromatic N) is 1. The van der Waals surface area contributed by atoms with Crippen LogP contribution < -0.4 is 10.6 Å². The number of aliphatic hydroxyl groups is 1. The van der Waals surface area contributed by atoms with E-state index in [0.717, 1.165) is 44.8 Å². The Morgan fingerprint density at radius 2 is 2.04 bits per heavy atom. The predicted molar refractivity (Wildman–Crippen MR) is 108 cm³/mol. The van der Waals surface area contributed by atoms with Gasteiger partial charge in [0.1, 0.15) is 0 Å². The first-order valence-corrected chi connectivity index (χ1v) is 9.38. The number of aliphatic imine (C=N–C) groups is 1. The van der Waals surface area contributed by atoms with Gasteiger partial charge in [-0.15, -0.1) is 24.0 Å². The number of hydrogen-bond donors (Lipinski definition) is 3.